The fourth-order valence-electron chi connectivity index (χ4n) is 4.50. The summed E-state index contributed by atoms with van der Waals surface area (Å²) >= 11 is 0. The van der Waals surface area contributed by atoms with Crippen LogP contribution in [0.4, 0.5) is 0 Å². The van der Waals surface area contributed by atoms with Gasteiger partial charge >= 0.3 is 5.97 Å². The highest BCUT2D eigenvalue weighted by atomic mass is 16.5. The third-order valence-electron chi connectivity index (χ3n) is 6.08. The normalized spacial score (nSPS) is 22.8. The highest BCUT2D eigenvalue weighted by molar-refractivity contribution is 5.88. The minimum absolute atomic E-state index is 0.00893. The Morgan fingerprint density at radius 2 is 2.00 bits per heavy atom. The molecule has 0 bridgehead atoms. The van der Waals surface area contributed by atoms with Crippen LogP contribution in [0, 0.1) is 25.7 Å². The summed E-state index contributed by atoms with van der Waals surface area (Å²) < 4.78 is 23.0. The van der Waals surface area contributed by atoms with Gasteiger partial charge in [0, 0.05) is 19.0 Å². The lowest BCUT2D eigenvalue weighted by Gasteiger charge is -2.31. The van der Waals surface area contributed by atoms with Crippen LogP contribution >= 0.6 is 0 Å². The molecule has 1 N–H and O–H groups in total. The fourth-order valence-corrected chi connectivity index (χ4v) is 4.50. The fraction of sp³-hybridized carbons (Fsp3) is 0.600. The number of carboxylic acid groups (broad SMARTS) is 1. The third kappa shape index (κ3) is 7.03. The topological polar surface area (TPSA) is 94.5 Å². The zero-order chi connectivity index (χ0) is 23.8. The van der Waals surface area contributed by atoms with Crippen molar-refractivity contribution in [2.24, 2.45) is 11.8 Å². The van der Waals surface area contributed by atoms with E-state index >= 15 is 0 Å². The van der Waals surface area contributed by atoms with E-state index in [-0.39, 0.29) is 29.4 Å². The Morgan fingerprint density at radius 1 is 1.24 bits per heavy atom. The summed E-state index contributed by atoms with van der Waals surface area (Å²) in [7, 11) is 0. The third-order valence-corrected chi connectivity index (χ3v) is 6.08. The molecule has 1 amide bonds. The molecule has 0 saturated carbocycles. The van der Waals surface area contributed by atoms with Crippen LogP contribution in [0.25, 0.3) is 0 Å². The van der Waals surface area contributed by atoms with Crippen molar-refractivity contribution >= 4 is 11.9 Å². The first-order chi connectivity index (χ1) is 15.9. The lowest BCUT2D eigenvalue weighted by Crippen LogP contribution is -2.41. The number of amides is 1. The van der Waals surface area contributed by atoms with Crippen LogP contribution in [0.5, 0.6) is 5.75 Å². The van der Waals surface area contributed by atoms with Crippen molar-refractivity contribution in [3.05, 3.63) is 41.5 Å². The highest BCUT2D eigenvalue weighted by Gasteiger charge is 2.34. The zero-order valence-electron chi connectivity index (χ0n) is 19.6. The van der Waals surface area contributed by atoms with Crippen molar-refractivity contribution in [1.29, 1.82) is 0 Å². The first-order valence-corrected chi connectivity index (χ1v) is 11.5. The van der Waals surface area contributed by atoms with Gasteiger partial charge in [0.1, 0.15) is 12.4 Å². The van der Waals surface area contributed by atoms with E-state index in [2.05, 4.69) is 6.58 Å². The van der Waals surface area contributed by atoms with Crippen molar-refractivity contribution in [3.63, 3.8) is 0 Å². The molecule has 3 rings (SSSR count). The van der Waals surface area contributed by atoms with Crippen LogP contribution < -0.4 is 4.74 Å². The molecule has 1 aromatic carbocycles. The van der Waals surface area contributed by atoms with E-state index in [1.807, 2.05) is 18.7 Å². The Balaban J connectivity index is 1.39. The van der Waals surface area contributed by atoms with Gasteiger partial charge in [-0.2, -0.15) is 0 Å². The molecule has 182 valence electrons. The van der Waals surface area contributed by atoms with Crippen molar-refractivity contribution in [1.82, 2.24) is 4.90 Å². The molecule has 2 saturated heterocycles. The smallest absolute Gasteiger partial charge is 0.335 e. The molecule has 3 atom stereocenters. The van der Waals surface area contributed by atoms with Gasteiger partial charge in [-0.05, 0) is 49.9 Å². The number of benzene rings is 1. The van der Waals surface area contributed by atoms with Gasteiger partial charge in [-0.1, -0.05) is 6.08 Å². The molecular weight excluding hydrogens is 426 g/mol. The van der Waals surface area contributed by atoms with E-state index in [1.54, 1.807) is 18.2 Å². The van der Waals surface area contributed by atoms with Gasteiger partial charge in [0.25, 0.3) is 0 Å². The molecule has 1 unspecified atom stereocenters. The molecule has 33 heavy (non-hydrogen) atoms. The van der Waals surface area contributed by atoms with E-state index in [9.17, 15) is 9.59 Å². The van der Waals surface area contributed by atoms with E-state index < -0.39 is 5.97 Å². The molecule has 8 heteroatoms. The van der Waals surface area contributed by atoms with Gasteiger partial charge in [-0.3, -0.25) is 4.79 Å². The quantitative estimate of drug-likeness (QED) is 0.400. The predicted molar refractivity (Wildman–Crippen MR) is 123 cm³/mol. The number of hydrogen-bond acceptors (Lipinski definition) is 6. The summed E-state index contributed by atoms with van der Waals surface area (Å²) in [6, 6.07) is 3.22. The van der Waals surface area contributed by atoms with Crippen LogP contribution in [0.2, 0.25) is 0 Å². The molecule has 2 heterocycles. The number of rotatable bonds is 11. The summed E-state index contributed by atoms with van der Waals surface area (Å²) in [5, 5.41) is 9.16. The average molecular weight is 462 g/mol. The van der Waals surface area contributed by atoms with Crippen LogP contribution in [-0.2, 0) is 19.0 Å². The molecular formula is C25H35NO7. The lowest BCUT2D eigenvalue weighted by molar-refractivity contribution is -0.141. The Kier molecular flexibility index (Phi) is 9.29. The number of aryl methyl sites for hydroxylation is 2. The first-order valence-electron chi connectivity index (χ1n) is 11.5. The summed E-state index contributed by atoms with van der Waals surface area (Å²) in [6.45, 7) is 11.5. The van der Waals surface area contributed by atoms with Crippen molar-refractivity contribution < 1.29 is 33.6 Å². The molecule has 2 aliphatic heterocycles. The maximum atomic E-state index is 13.0. The summed E-state index contributed by atoms with van der Waals surface area (Å²) in [5.74, 6) is -0.0205. The minimum Gasteiger partial charge on any atom is -0.491 e. The maximum Gasteiger partial charge on any atom is 0.335 e. The monoisotopic (exact) mass is 461 g/mol. The second-order valence-electron chi connectivity index (χ2n) is 8.82. The number of carboxylic acids is 1. The summed E-state index contributed by atoms with van der Waals surface area (Å²) in [4.78, 5) is 26.0. The maximum absolute atomic E-state index is 13.0. The Morgan fingerprint density at radius 3 is 2.70 bits per heavy atom. The number of carbonyl (C=O) groups is 2. The van der Waals surface area contributed by atoms with Crippen LogP contribution in [-0.4, -0.2) is 80.7 Å². The molecule has 0 radical (unpaired) electrons. The molecule has 2 fully saturated rings. The summed E-state index contributed by atoms with van der Waals surface area (Å²) in [6.07, 6.45) is 3.30. The van der Waals surface area contributed by atoms with E-state index in [4.69, 9.17) is 24.1 Å². The average Bonchev–Trinajstić information content (AvgIpc) is 3.26. The van der Waals surface area contributed by atoms with Gasteiger partial charge < -0.3 is 29.0 Å². The standard InChI is InChI=1S/C25H35NO7/c1-4-7-30-14-19-12-21(16-31-15-19)24(27)26-6-5-22(13-26)32-8-9-33-23-17(2)10-20(25(28)29)11-18(23)3/h4,10-11,19,21-22H,1,5-9,12-16H2,2-3H3,(H,28,29)/t19-,21-,22?/m1/s1. The highest BCUT2D eigenvalue weighted by Crippen LogP contribution is 2.26. The number of hydrogen-bond donors (Lipinski definition) is 1. The molecule has 0 spiro atoms. The number of nitrogens with zero attached hydrogens (tertiary/aromatic N) is 1. The van der Waals surface area contributed by atoms with Gasteiger partial charge in [0.2, 0.25) is 5.91 Å². The van der Waals surface area contributed by atoms with Gasteiger partial charge in [0.05, 0.1) is 50.6 Å². The lowest BCUT2D eigenvalue weighted by atomic mass is 9.92. The summed E-state index contributed by atoms with van der Waals surface area (Å²) in [5.41, 5.74) is 1.82. The van der Waals surface area contributed by atoms with E-state index in [0.29, 0.717) is 58.5 Å². The van der Waals surface area contributed by atoms with Crippen LogP contribution in [0.15, 0.2) is 24.8 Å². The molecule has 1 aromatic rings. The van der Waals surface area contributed by atoms with Crippen molar-refractivity contribution in [2.45, 2.75) is 32.8 Å². The predicted octanol–water partition coefficient (Wildman–Crippen LogP) is 2.85. The van der Waals surface area contributed by atoms with E-state index in [0.717, 1.165) is 24.0 Å². The molecule has 0 aromatic heterocycles. The molecule has 8 nitrogen and oxygen atoms in total. The molecule has 2 aliphatic rings. The number of carbonyl (C=O) groups excluding carboxylic acids is 1. The number of ether oxygens (including phenoxy) is 4. The Labute approximate surface area is 195 Å². The number of likely N-dealkylation sites (tertiary alicyclic amines) is 1. The largest absolute Gasteiger partial charge is 0.491 e. The SMILES string of the molecule is C=CCOC[C@@H]1COC[C@H](C(=O)N2CCC(OCCOc3c(C)cc(C(=O)O)cc3C)C2)C1. The Hall–Kier alpha value is -2.42. The zero-order valence-corrected chi connectivity index (χ0v) is 19.6. The van der Waals surface area contributed by atoms with Crippen molar-refractivity contribution in [3.8, 4) is 5.75 Å². The van der Waals surface area contributed by atoms with Gasteiger partial charge in [-0.25, -0.2) is 4.79 Å². The van der Waals surface area contributed by atoms with Gasteiger partial charge in [-0.15, -0.1) is 6.58 Å². The van der Waals surface area contributed by atoms with Crippen LogP contribution in [0.3, 0.4) is 0 Å². The second-order valence-corrected chi connectivity index (χ2v) is 8.82. The second kappa shape index (κ2) is 12.2. The van der Waals surface area contributed by atoms with E-state index in [1.165, 1.54) is 0 Å². The van der Waals surface area contributed by atoms with Crippen molar-refractivity contribution in [2.75, 3.05) is 52.7 Å². The first kappa shape index (κ1) is 25.2. The van der Waals surface area contributed by atoms with Gasteiger partial charge in [0.15, 0.2) is 0 Å². The van der Waals surface area contributed by atoms with Crippen LogP contribution in [0.1, 0.15) is 34.3 Å². The minimum atomic E-state index is -0.951. The number of aromatic carboxylic acids is 1. The molecule has 0 aliphatic carbocycles. The Bertz CT molecular complexity index is 817.